The zero-order valence-electron chi connectivity index (χ0n) is 12.7. The van der Waals surface area contributed by atoms with E-state index in [0.29, 0.717) is 11.6 Å². The van der Waals surface area contributed by atoms with E-state index in [9.17, 15) is 4.79 Å². The predicted molar refractivity (Wildman–Crippen MR) is 89.0 cm³/mol. The lowest BCUT2D eigenvalue weighted by molar-refractivity contribution is 0.385. The van der Waals surface area contributed by atoms with Gasteiger partial charge in [0.05, 0.1) is 5.69 Å². The molecule has 0 saturated heterocycles. The van der Waals surface area contributed by atoms with E-state index < -0.39 is 0 Å². The van der Waals surface area contributed by atoms with Gasteiger partial charge in [-0.2, -0.15) is 5.26 Å². The molecule has 0 atom stereocenters. The Morgan fingerprint density at radius 2 is 1.86 bits per heavy atom. The van der Waals surface area contributed by atoms with Crippen LogP contribution in [-0.2, 0) is 6.54 Å². The van der Waals surface area contributed by atoms with Crippen LogP contribution in [0.5, 0.6) is 0 Å². The van der Waals surface area contributed by atoms with Crippen molar-refractivity contribution in [2.45, 2.75) is 13.0 Å². The lowest BCUT2D eigenvalue weighted by atomic mass is 10.1. The van der Waals surface area contributed by atoms with E-state index in [4.69, 9.17) is 16.9 Å². The smallest absolute Gasteiger partial charge is 0.268 e. The third-order valence-corrected chi connectivity index (χ3v) is 3.67. The van der Waals surface area contributed by atoms with Crippen molar-refractivity contribution >= 4 is 11.6 Å². The van der Waals surface area contributed by atoms with E-state index in [2.05, 4.69) is 4.90 Å². The Morgan fingerprint density at radius 1 is 1.18 bits per heavy atom. The number of hydrogen-bond donors (Lipinski definition) is 0. The number of hydrogen-bond acceptors (Lipinski definition) is 3. The molecule has 0 radical (unpaired) electrons. The number of aromatic nitrogens is 1. The third kappa shape index (κ3) is 3.76. The molecule has 1 aromatic heterocycles. The first-order valence-electron chi connectivity index (χ1n) is 7.07. The molecular weight excluding hydrogens is 298 g/mol. The molecule has 5 heteroatoms. The van der Waals surface area contributed by atoms with Gasteiger partial charge in [0.1, 0.15) is 11.6 Å². The van der Waals surface area contributed by atoms with Crippen LogP contribution in [0.25, 0.3) is 11.3 Å². The zero-order chi connectivity index (χ0) is 16.1. The number of nitrogens with zero attached hydrogens (tertiary/aromatic N) is 3. The summed E-state index contributed by atoms with van der Waals surface area (Å²) in [6, 6.07) is 12.7. The van der Waals surface area contributed by atoms with Gasteiger partial charge in [-0.25, -0.2) is 0 Å². The van der Waals surface area contributed by atoms with Crippen molar-refractivity contribution in [2.24, 2.45) is 0 Å². The molecule has 0 bridgehead atoms. The summed E-state index contributed by atoms with van der Waals surface area (Å²) < 4.78 is 1.67. The largest absolute Gasteiger partial charge is 0.309 e. The number of rotatable bonds is 5. The van der Waals surface area contributed by atoms with E-state index in [1.807, 2.05) is 38.4 Å². The van der Waals surface area contributed by atoms with E-state index in [1.165, 1.54) is 0 Å². The molecule has 0 amide bonds. The van der Waals surface area contributed by atoms with Gasteiger partial charge in [0, 0.05) is 11.6 Å². The van der Waals surface area contributed by atoms with Crippen LogP contribution >= 0.6 is 11.6 Å². The maximum atomic E-state index is 12.4. The van der Waals surface area contributed by atoms with Crippen molar-refractivity contribution in [3.05, 3.63) is 57.3 Å². The van der Waals surface area contributed by atoms with Gasteiger partial charge in [-0.05, 0) is 56.9 Å². The lowest BCUT2D eigenvalue weighted by Gasteiger charge is -2.15. The van der Waals surface area contributed by atoms with E-state index in [0.717, 1.165) is 24.2 Å². The summed E-state index contributed by atoms with van der Waals surface area (Å²) in [5.41, 5.74) is 1.64. The second-order valence-corrected chi connectivity index (χ2v) is 5.80. The predicted octanol–water partition coefficient (Wildman–Crippen LogP) is 2.99. The van der Waals surface area contributed by atoms with Gasteiger partial charge in [-0.3, -0.25) is 4.79 Å². The average molecular weight is 316 g/mol. The summed E-state index contributed by atoms with van der Waals surface area (Å²) in [4.78, 5) is 14.5. The fourth-order valence-corrected chi connectivity index (χ4v) is 2.43. The van der Waals surface area contributed by atoms with Crippen molar-refractivity contribution in [1.82, 2.24) is 9.47 Å². The number of halogens is 1. The highest BCUT2D eigenvalue weighted by molar-refractivity contribution is 6.30. The summed E-state index contributed by atoms with van der Waals surface area (Å²) >= 11 is 5.92. The minimum Gasteiger partial charge on any atom is -0.309 e. The molecule has 22 heavy (non-hydrogen) atoms. The maximum absolute atomic E-state index is 12.4. The van der Waals surface area contributed by atoms with Crippen LogP contribution in [0, 0.1) is 11.3 Å². The molecule has 4 nitrogen and oxygen atoms in total. The molecule has 0 spiro atoms. The van der Waals surface area contributed by atoms with E-state index in [-0.39, 0.29) is 11.1 Å². The summed E-state index contributed by atoms with van der Waals surface area (Å²) in [5.74, 6) is 0. The fourth-order valence-electron chi connectivity index (χ4n) is 2.30. The molecular formula is C17H18ClN3O. The molecule has 0 N–H and O–H groups in total. The van der Waals surface area contributed by atoms with Gasteiger partial charge < -0.3 is 9.47 Å². The van der Waals surface area contributed by atoms with E-state index in [1.54, 1.807) is 22.8 Å². The molecule has 0 aliphatic carbocycles. The molecule has 2 aromatic rings. The van der Waals surface area contributed by atoms with Crippen LogP contribution in [0.4, 0.5) is 0 Å². The van der Waals surface area contributed by atoms with Crippen LogP contribution < -0.4 is 5.56 Å². The molecule has 114 valence electrons. The lowest BCUT2D eigenvalue weighted by Crippen LogP contribution is -2.26. The molecule has 0 aliphatic heterocycles. The van der Waals surface area contributed by atoms with Crippen LogP contribution in [0.15, 0.2) is 41.2 Å². The summed E-state index contributed by atoms with van der Waals surface area (Å²) in [5, 5.41) is 9.72. The van der Waals surface area contributed by atoms with Gasteiger partial charge >= 0.3 is 0 Å². The maximum Gasteiger partial charge on any atom is 0.268 e. The third-order valence-electron chi connectivity index (χ3n) is 3.42. The van der Waals surface area contributed by atoms with Crippen LogP contribution in [0.2, 0.25) is 5.02 Å². The standard InChI is InChI=1S/C17H18ClN3O/c1-20(2)10-3-11-21-16(9-6-14(12-19)17(21)22)13-4-7-15(18)8-5-13/h4-9H,3,10-11H2,1-2H3. The molecule has 0 saturated carbocycles. The van der Waals surface area contributed by atoms with Crippen molar-refractivity contribution in [3.8, 4) is 17.3 Å². The first kappa shape index (κ1) is 16.3. The quantitative estimate of drug-likeness (QED) is 0.852. The molecule has 0 aliphatic rings. The Kier molecular flexibility index (Phi) is 5.37. The topological polar surface area (TPSA) is 49.0 Å². The van der Waals surface area contributed by atoms with E-state index >= 15 is 0 Å². The number of pyridine rings is 1. The molecule has 0 unspecified atom stereocenters. The second kappa shape index (κ2) is 7.26. The van der Waals surface area contributed by atoms with Crippen LogP contribution in [0.3, 0.4) is 0 Å². The Bertz CT molecular complexity index is 742. The summed E-state index contributed by atoms with van der Waals surface area (Å²) in [6.45, 7) is 1.45. The highest BCUT2D eigenvalue weighted by Gasteiger charge is 2.10. The second-order valence-electron chi connectivity index (χ2n) is 5.36. The van der Waals surface area contributed by atoms with Gasteiger partial charge in [0.25, 0.3) is 5.56 Å². The molecule has 2 rings (SSSR count). The van der Waals surface area contributed by atoms with Crippen molar-refractivity contribution in [1.29, 1.82) is 5.26 Å². The molecule has 1 aromatic carbocycles. The van der Waals surface area contributed by atoms with Crippen LogP contribution in [0.1, 0.15) is 12.0 Å². The van der Waals surface area contributed by atoms with Gasteiger partial charge in [-0.15, -0.1) is 0 Å². The Morgan fingerprint density at radius 3 is 2.45 bits per heavy atom. The first-order valence-corrected chi connectivity index (χ1v) is 7.45. The van der Waals surface area contributed by atoms with Crippen molar-refractivity contribution < 1.29 is 0 Å². The van der Waals surface area contributed by atoms with Crippen molar-refractivity contribution in [2.75, 3.05) is 20.6 Å². The fraction of sp³-hybridized carbons (Fsp3) is 0.294. The van der Waals surface area contributed by atoms with Crippen LogP contribution in [-0.4, -0.2) is 30.1 Å². The van der Waals surface area contributed by atoms with Gasteiger partial charge in [-0.1, -0.05) is 23.7 Å². The molecule has 1 heterocycles. The summed E-state index contributed by atoms with van der Waals surface area (Å²) in [7, 11) is 3.99. The monoisotopic (exact) mass is 315 g/mol. The highest BCUT2D eigenvalue weighted by Crippen LogP contribution is 2.21. The Hall–Kier alpha value is -2.09. The minimum atomic E-state index is -0.242. The summed E-state index contributed by atoms with van der Waals surface area (Å²) in [6.07, 6.45) is 0.836. The van der Waals surface area contributed by atoms with Crippen molar-refractivity contribution in [3.63, 3.8) is 0 Å². The minimum absolute atomic E-state index is 0.169. The normalized spacial score (nSPS) is 10.7. The average Bonchev–Trinajstić information content (AvgIpc) is 2.49. The number of nitriles is 1. The molecule has 0 fully saturated rings. The highest BCUT2D eigenvalue weighted by atomic mass is 35.5. The van der Waals surface area contributed by atoms with Gasteiger partial charge in [0.15, 0.2) is 0 Å². The Labute approximate surface area is 135 Å². The Balaban J connectivity index is 2.44. The first-order chi connectivity index (χ1) is 10.5. The number of benzene rings is 1. The zero-order valence-corrected chi connectivity index (χ0v) is 13.5. The SMILES string of the molecule is CN(C)CCCn1c(-c2ccc(Cl)cc2)ccc(C#N)c1=O. The van der Waals surface area contributed by atoms with Gasteiger partial charge in [0.2, 0.25) is 0 Å².